The highest BCUT2D eigenvalue weighted by Gasteiger charge is 2.13. The lowest BCUT2D eigenvalue weighted by molar-refractivity contribution is 0.288. The van der Waals surface area contributed by atoms with Gasteiger partial charge >= 0.3 is 0 Å². The summed E-state index contributed by atoms with van der Waals surface area (Å²) in [6.45, 7) is 10.1. The largest absolute Gasteiger partial charge is 0.308 e. The van der Waals surface area contributed by atoms with Crippen LogP contribution in [0.15, 0.2) is 19.0 Å². The molecule has 0 fully saturated rings. The Morgan fingerprint density at radius 2 is 2.24 bits per heavy atom. The molecular weight excluding hydrogens is 212 g/mol. The minimum Gasteiger partial charge on any atom is -0.308 e. The third kappa shape index (κ3) is 4.71. The molecule has 0 spiro atoms. The summed E-state index contributed by atoms with van der Waals surface area (Å²) in [5.74, 6) is 0.617. The first kappa shape index (κ1) is 13.9. The highest BCUT2D eigenvalue weighted by atomic mass is 15.2. The fourth-order valence-electron chi connectivity index (χ4n) is 1.72. The summed E-state index contributed by atoms with van der Waals surface area (Å²) in [6.07, 6.45) is 5.57. The molecule has 1 atom stereocenters. The van der Waals surface area contributed by atoms with Crippen LogP contribution in [0.5, 0.6) is 0 Å². The molecule has 1 aromatic heterocycles. The SMILES string of the molecule is C=Cn1cc(CNC(CN(C)C)C(C)C)cn1. The van der Waals surface area contributed by atoms with Crippen molar-refractivity contribution < 1.29 is 0 Å². The van der Waals surface area contributed by atoms with Crippen molar-refractivity contribution in [3.8, 4) is 0 Å². The molecule has 4 nitrogen and oxygen atoms in total. The second-order valence-corrected chi connectivity index (χ2v) is 5.00. The van der Waals surface area contributed by atoms with Crippen molar-refractivity contribution >= 4 is 6.20 Å². The van der Waals surface area contributed by atoms with Gasteiger partial charge in [0.25, 0.3) is 0 Å². The molecule has 1 aromatic rings. The normalized spacial score (nSPS) is 13.3. The number of hydrogen-bond donors (Lipinski definition) is 1. The van der Waals surface area contributed by atoms with Gasteiger partial charge in [0.15, 0.2) is 0 Å². The lowest BCUT2D eigenvalue weighted by Gasteiger charge is -2.25. The molecule has 0 saturated heterocycles. The van der Waals surface area contributed by atoms with Crippen LogP contribution in [0, 0.1) is 5.92 Å². The van der Waals surface area contributed by atoms with Gasteiger partial charge in [-0.1, -0.05) is 20.4 Å². The molecule has 1 unspecified atom stereocenters. The molecular formula is C13H24N4. The maximum absolute atomic E-state index is 4.17. The summed E-state index contributed by atoms with van der Waals surface area (Å²) in [5, 5.41) is 7.74. The van der Waals surface area contributed by atoms with Crippen molar-refractivity contribution in [3.05, 3.63) is 24.5 Å². The van der Waals surface area contributed by atoms with Gasteiger partial charge in [0.2, 0.25) is 0 Å². The van der Waals surface area contributed by atoms with E-state index in [9.17, 15) is 0 Å². The van der Waals surface area contributed by atoms with Crippen LogP contribution in [-0.4, -0.2) is 41.4 Å². The monoisotopic (exact) mass is 236 g/mol. The van der Waals surface area contributed by atoms with E-state index in [1.165, 1.54) is 5.56 Å². The van der Waals surface area contributed by atoms with Gasteiger partial charge in [-0.25, -0.2) is 4.68 Å². The Kier molecular flexibility index (Phi) is 5.38. The molecule has 0 aromatic carbocycles. The predicted octanol–water partition coefficient (Wildman–Crippen LogP) is 1.66. The Morgan fingerprint density at radius 1 is 1.53 bits per heavy atom. The van der Waals surface area contributed by atoms with Crippen molar-refractivity contribution in [2.75, 3.05) is 20.6 Å². The van der Waals surface area contributed by atoms with Crippen LogP contribution >= 0.6 is 0 Å². The summed E-state index contributed by atoms with van der Waals surface area (Å²) in [5.41, 5.74) is 1.19. The van der Waals surface area contributed by atoms with E-state index in [0.717, 1.165) is 13.1 Å². The van der Waals surface area contributed by atoms with Crippen molar-refractivity contribution in [1.82, 2.24) is 20.0 Å². The molecule has 1 N–H and O–H groups in total. The Morgan fingerprint density at radius 3 is 2.71 bits per heavy atom. The van der Waals surface area contributed by atoms with Gasteiger partial charge in [-0.2, -0.15) is 5.10 Å². The van der Waals surface area contributed by atoms with Crippen LogP contribution in [-0.2, 0) is 6.54 Å². The topological polar surface area (TPSA) is 33.1 Å². The lowest BCUT2D eigenvalue weighted by Crippen LogP contribution is -2.41. The summed E-state index contributed by atoms with van der Waals surface area (Å²) in [6, 6.07) is 0.497. The Labute approximate surface area is 104 Å². The van der Waals surface area contributed by atoms with Crippen LogP contribution in [0.3, 0.4) is 0 Å². The van der Waals surface area contributed by atoms with Crippen LogP contribution in [0.4, 0.5) is 0 Å². The van der Waals surface area contributed by atoms with Gasteiger partial charge in [0, 0.05) is 37.1 Å². The van der Waals surface area contributed by atoms with E-state index in [0.29, 0.717) is 12.0 Å². The van der Waals surface area contributed by atoms with E-state index in [-0.39, 0.29) is 0 Å². The van der Waals surface area contributed by atoms with Crippen LogP contribution in [0.25, 0.3) is 6.20 Å². The number of rotatable bonds is 7. The first-order chi connectivity index (χ1) is 8.02. The maximum atomic E-state index is 4.17. The average molecular weight is 236 g/mol. The summed E-state index contributed by atoms with van der Waals surface area (Å²) >= 11 is 0. The smallest absolute Gasteiger partial charge is 0.0538 e. The summed E-state index contributed by atoms with van der Waals surface area (Å²) in [7, 11) is 4.21. The predicted molar refractivity (Wildman–Crippen MR) is 72.6 cm³/mol. The minimum absolute atomic E-state index is 0.497. The molecule has 0 radical (unpaired) electrons. The number of hydrogen-bond acceptors (Lipinski definition) is 3. The molecule has 0 aliphatic carbocycles. The fraction of sp³-hybridized carbons (Fsp3) is 0.615. The Hall–Kier alpha value is -1.13. The second-order valence-electron chi connectivity index (χ2n) is 5.00. The van der Waals surface area contributed by atoms with Crippen LogP contribution in [0.2, 0.25) is 0 Å². The quantitative estimate of drug-likeness (QED) is 0.781. The first-order valence-corrected chi connectivity index (χ1v) is 6.06. The molecule has 0 bridgehead atoms. The number of nitrogens with zero attached hydrogens (tertiary/aromatic N) is 3. The molecule has 1 heterocycles. The van der Waals surface area contributed by atoms with Crippen molar-refractivity contribution in [2.45, 2.75) is 26.4 Å². The van der Waals surface area contributed by atoms with Gasteiger partial charge in [0.1, 0.15) is 0 Å². The van der Waals surface area contributed by atoms with Gasteiger partial charge in [-0.3, -0.25) is 0 Å². The zero-order chi connectivity index (χ0) is 12.8. The lowest BCUT2D eigenvalue weighted by atomic mass is 10.0. The van der Waals surface area contributed by atoms with E-state index in [1.54, 1.807) is 10.9 Å². The highest BCUT2D eigenvalue weighted by Crippen LogP contribution is 2.05. The van der Waals surface area contributed by atoms with Crippen molar-refractivity contribution in [3.63, 3.8) is 0 Å². The Bertz CT molecular complexity index is 341. The molecule has 1 rings (SSSR count). The van der Waals surface area contributed by atoms with E-state index < -0.39 is 0 Å². The Balaban J connectivity index is 2.48. The molecule has 0 amide bonds. The molecule has 0 aliphatic rings. The van der Waals surface area contributed by atoms with Gasteiger partial charge in [-0.05, 0) is 20.0 Å². The van der Waals surface area contributed by atoms with Crippen LogP contribution < -0.4 is 5.32 Å². The second kappa shape index (κ2) is 6.57. The van der Waals surface area contributed by atoms with Crippen molar-refractivity contribution in [1.29, 1.82) is 0 Å². The van der Waals surface area contributed by atoms with E-state index >= 15 is 0 Å². The fourth-order valence-corrected chi connectivity index (χ4v) is 1.72. The molecule has 4 heteroatoms. The third-order valence-corrected chi connectivity index (χ3v) is 2.78. The van der Waals surface area contributed by atoms with Crippen molar-refractivity contribution in [2.24, 2.45) is 5.92 Å². The number of nitrogens with one attached hydrogen (secondary N) is 1. The zero-order valence-electron chi connectivity index (χ0n) is 11.3. The van der Waals surface area contributed by atoms with E-state index in [1.807, 2.05) is 12.4 Å². The van der Waals surface area contributed by atoms with Gasteiger partial charge in [0.05, 0.1) is 6.20 Å². The number of likely N-dealkylation sites (N-methyl/N-ethyl adjacent to an activating group) is 1. The van der Waals surface area contributed by atoms with Gasteiger partial charge in [-0.15, -0.1) is 0 Å². The third-order valence-electron chi connectivity index (χ3n) is 2.78. The highest BCUT2D eigenvalue weighted by molar-refractivity contribution is 5.17. The molecule has 96 valence electrons. The molecule has 17 heavy (non-hydrogen) atoms. The summed E-state index contributed by atoms with van der Waals surface area (Å²) < 4.78 is 1.73. The maximum Gasteiger partial charge on any atom is 0.0538 e. The summed E-state index contributed by atoms with van der Waals surface area (Å²) in [4.78, 5) is 2.21. The van der Waals surface area contributed by atoms with Gasteiger partial charge < -0.3 is 10.2 Å². The average Bonchev–Trinajstić information content (AvgIpc) is 2.71. The van der Waals surface area contributed by atoms with E-state index in [4.69, 9.17) is 0 Å². The zero-order valence-corrected chi connectivity index (χ0v) is 11.3. The standard InChI is InChI=1S/C13H24N4/c1-6-17-9-12(8-15-17)7-14-13(11(2)3)10-16(4)5/h6,8-9,11,13-14H,1,7,10H2,2-5H3. The molecule has 0 saturated carbocycles. The minimum atomic E-state index is 0.497. The van der Waals surface area contributed by atoms with Crippen LogP contribution in [0.1, 0.15) is 19.4 Å². The number of aromatic nitrogens is 2. The van der Waals surface area contributed by atoms with E-state index in [2.05, 4.69) is 49.8 Å². The molecule has 0 aliphatic heterocycles. The first-order valence-electron chi connectivity index (χ1n) is 6.06.